The third-order valence-electron chi connectivity index (χ3n) is 4.29. The second-order valence-electron chi connectivity index (χ2n) is 6.37. The van der Waals surface area contributed by atoms with Gasteiger partial charge in [0.05, 0.1) is 9.79 Å². The van der Waals surface area contributed by atoms with Gasteiger partial charge >= 0.3 is 5.51 Å². The Labute approximate surface area is 182 Å². The number of halogens is 3. The minimum absolute atomic E-state index is 0.344. The van der Waals surface area contributed by atoms with Gasteiger partial charge in [0.15, 0.2) is 9.73 Å². The molecule has 1 aliphatic rings. The second-order valence-corrected chi connectivity index (χ2v) is 9.90. The van der Waals surface area contributed by atoms with Gasteiger partial charge in [-0.3, -0.25) is 0 Å². The van der Waals surface area contributed by atoms with E-state index < -0.39 is 31.1 Å². The maximum Gasteiger partial charge on any atom is 0.483 e. The summed E-state index contributed by atoms with van der Waals surface area (Å²) < 4.78 is 71.3. The third-order valence-corrected chi connectivity index (χ3v) is 7.36. The van der Waals surface area contributed by atoms with Crippen LogP contribution in [0, 0.1) is 17.1 Å². The molecule has 12 heteroatoms. The lowest BCUT2D eigenvalue weighted by atomic mass is 10.2. The van der Waals surface area contributed by atoms with Crippen LogP contribution in [0.2, 0.25) is 0 Å². The van der Waals surface area contributed by atoms with Crippen LogP contribution in [-0.2, 0) is 20.7 Å². The lowest BCUT2D eigenvalue weighted by molar-refractivity contribution is -0.0406. The lowest BCUT2D eigenvalue weighted by Crippen LogP contribution is -2.47. The number of nitrogens with one attached hydrogen (secondary N) is 1. The summed E-state index contributed by atoms with van der Waals surface area (Å²) in [6, 6.07) is 8.22. The molecule has 31 heavy (non-hydrogen) atoms. The van der Waals surface area contributed by atoms with Crippen molar-refractivity contribution in [2.24, 2.45) is 0 Å². The summed E-state index contributed by atoms with van der Waals surface area (Å²) in [4.78, 5) is 5.84. The molecule has 0 saturated carbocycles. The summed E-state index contributed by atoms with van der Waals surface area (Å²) in [6.07, 6.45) is 6.07. The van der Waals surface area contributed by atoms with E-state index in [1.165, 1.54) is 18.3 Å². The van der Waals surface area contributed by atoms with E-state index in [0.717, 1.165) is 12.1 Å². The SMILES string of the molecule is C#CC.N=S(=O)(c1ccc(N2CCN(S(=O)c3ccc(N)nc3)CC2)cc1)C(F)(F)F. The Hall–Kier alpha value is -2.62. The molecule has 1 fully saturated rings. The van der Waals surface area contributed by atoms with Gasteiger partial charge in [-0.05, 0) is 43.3 Å². The topological polar surface area (TPSA) is 103 Å². The molecule has 2 atom stereocenters. The van der Waals surface area contributed by atoms with Crippen molar-refractivity contribution in [3.63, 3.8) is 0 Å². The van der Waals surface area contributed by atoms with E-state index in [0.29, 0.717) is 42.6 Å². The minimum Gasteiger partial charge on any atom is -0.384 e. The summed E-state index contributed by atoms with van der Waals surface area (Å²) in [5.74, 6) is 2.59. The highest BCUT2D eigenvalue weighted by atomic mass is 32.2. The van der Waals surface area contributed by atoms with E-state index in [2.05, 4.69) is 17.3 Å². The molecule has 0 bridgehead atoms. The van der Waals surface area contributed by atoms with Gasteiger partial charge in [-0.15, -0.1) is 12.3 Å². The minimum atomic E-state index is -5.11. The molecule has 3 rings (SSSR count). The number of nitrogens with zero attached hydrogens (tertiary/aromatic N) is 3. The summed E-state index contributed by atoms with van der Waals surface area (Å²) in [5, 5.41) is 0. The standard InChI is InChI=1S/C16H18F3N5O2S2.C3H4/c17-16(18,19)28(21,26)14-4-1-12(2-5-14)23-7-9-24(10-8-23)27(25)13-3-6-15(20)22-11-13;1-3-2/h1-6,11,21H,7-10H2,(H2,20,22);1H,2H3. The Balaban J connectivity index is 0.00000107. The lowest BCUT2D eigenvalue weighted by Gasteiger charge is -2.35. The Kier molecular flexibility index (Phi) is 8.05. The number of pyridine rings is 1. The van der Waals surface area contributed by atoms with Crippen LogP contribution >= 0.6 is 0 Å². The van der Waals surface area contributed by atoms with E-state index in [-0.39, 0.29) is 0 Å². The molecule has 1 saturated heterocycles. The van der Waals surface area contributed by atoms with Crippen LogP contribution in [0.4, 0.5) is 24.7 Å². The fraction of sp³-hybridized carbons (Fsp3) is 0.316. The quantitative estimate of drug-likeness (QED) is 0.665. The maximum absolute atomic E-state index is 12.7. The van der Waals surface area contributed by atoms with Crippen LogP contribution in [0.3, 0.4) is 0 Å². The number of hydrogen-bond donors (Lipinski definition) is 2. The molecule has 168 valence electrons. The van der Waals surface area contributed by atoms with Crippen LogP contribution in [0.25, 0.3) is 0 Å². The highest BCUT2D eigenvalue weighted by molar-refractivity contribution is 7.93. The number of nitrogens with two attached hydrogens (primary N) is 1. The molecule has 0 amide bonds. The molecule has 0 radical (unpaired) electrons. The molecule has 0 aliphatic carbocycles. The van der Waals surface area contributed by atoms with Crippen molar-refractivity contribution in [1.82, 2.24) is 9.29 Å². The number of anilines is 2. The number of hydrogen-bond acceptors (Lipinski definition) is 6. The molecule has 2 aromatic rings. The van der Waals surface area contributed by atoms with Crippen molar-refractivity contribution in [3.8, 4) is 12.3 Å². The monoisotopic (exact) mass is 473 g/mol. The second kappa shape index (κ2) is 10.1. The van der Waals surface area contributed by atoms with Gasteiger partial charge in [-0.2, -0.15) is 13.2 Å². The number of aromatic nitrogens is 1. The molecule has 2 unspecified atom stereocenters. The number of benzene rings is 1. The molecular weight excluding hydrogens is 451 g/mol. The smallest absolute Gasteiger partial charge is 0.384 e. The summed E-state index contributed by atoms with van der Waals surface area (Å²) in [6.45, 7) is 3.65. The van der Waals surface area contributed by atoms with E-state index in [1.54, 1.807) is 23.4 Å². The molecular formula is C19H22F3N5O2S2. The predicted octanol–water partition coefficient (Wildman–Crippen LogP) is 3.07. The summed E-state index contributed by atoms with van der Waals surface area (Å²) >= 11 is 0. The number of alkyl halides is 3. The Morgan fingerprint density at radius 3 is 2.16 bits per heavy atom. The zero-order chi connectivity index (χ0) is 23.2. The van der Waals surface area contributed by atoms with Crippen molar-refractivity contribution in [1.29, 1.82) is 4.78 Å². The highest BCUT2D eigenvalue weighted by Crippen LogP contribution is 2.32. The van der Waals surface area contributed by atoms with Gasteiger partial charge in [0.25, 0.3) is 0 Å². The molecule has 7 nitrogen and oxygen atoms in total. The van der Waals surface area contributed by atoms with Crippen molar-refractivity contribution in [3.05, 3.63) is 42.6 Å². The number of nitrogen functional groups attached to an aromatic ring is 1. The number of rotatable bonds is 4. The molecule has 1 aliphatic heterocycles. The molecule has 0 spiro atoms. The first-order valence-electron chi connectivity index (χ1n) is 8.97. The van der Waals surface area contributed by atoms with Crippen molar-refractivity contribution >= 4 is 32.2 Å². The zero-order valence-electron chi connectivity index (χ0n) is 16.6. The van der Waals surface area contributed by atoms with Crippen LogP contribution < -0.4 is 10.6 Å². The zero-order valence-corrected chi connectivity index (χ0v) is 18.3. The first-order valence-corrected chi connectivity index (χ1v) is 11.6. The van der Waals surface area contributed by atoms with Gasteiger partial charge in [-0.1, -0.05) is 0 Å². The average molecular weight is 474 g/mol. The van der Waals surface area contributed by atoms with E-state index in [4.69, 9.17) is 10.5 Å². The van der Waals surface area contributed by atoms with Crippen LogP contribution in [0.5, 0.6) is 0 Å². The maximum atomic E-state index is 12.7. The third kappa shape index (κ3) is 5.96. The van der Waals surface area contributed by atoms with Crippen molar-refractivity contribution in [2.45, 2.75) is 22.2 Å². The molecule has 1 aromatic carbocycles. The average Bonchev–Trinajstić information content (AvgIpc) is 2.74. The largest absolute Gasteiger partial charge is 0.483 e. The van der Waals surface area contributed by atoms with Gasteiger partial charge in [-0.25, -0.2) is 22.5 Å². The van der Waals surface area contributed by atoms with Gasteiger partial charge in [0.1, 0.15) is 16.8 Å². The van der Waals surface area contributed by atoms with Crippen molar-refractivity contribution < 1.29 is 21.6 Å². The first kappa shape index (κ1) is 24.6. The molecule has 1 aromatic heterocycles. The highest BCUT2D eigenvalue weighted by Gasteiger charge is 2.43. The van der Waals surface area contributed by atoms with Crippen LogP contribution in [-0.4, -0.2) is 49.4 Å². The Morgan fingerprint density at radius 1 is 1.16 bits per heavy atom. The van der Waals surface area contributed by atoms with Gasteiger partial charge < -0.3 is 10.6 Å². The Morgan fingerprint density at radius 2 is 1.71 bits per heavy atom. The van der Waals surface area contributed by atoms with E-state index >= 15 is 0 Å². The van der Waals surface area contributed by atoms with E-state index in [9.17, 15) is 21.6 Å². The fourth-order valence-corrected chi connectivity index (χ4v) is 4.65. The first-order chi connectivity index (χ1) is 14.5. The molecule has 3 N–H and O–H groups in total. The fourth-order valence-electron chi connectivity index (χ4n) is 2.74. The van der Waals surface area contributed by atoms with E-state index in [1.807, 2.05) is 4.90 Å². The predicted molar refractivity (Wildman–Crippen MR) is 115 cm³/mol. The Bertz CT molecular complexity index is 1040. The van der Waals surface area contributed by atoms with Crippen LogP contribution in [0.1, 0.15) is 6.92 Å². The van der Waals surface area contributed by atoms with Gasteiger partial charge in [0.2, 0.25) is 0 Å². The molecule has 2 heterocycles. The van der Waals surface area contributed by atoms with Gasteiger partial charge in [0, 0.05) is 38.1 Å². The van der Waals surface area contributed by atoms with Crippen LogP contribution in [0.15, 0.2) is 52.4 Å². The summed E-state index contributed by atoms with van der Waals surface area (Å²) in [5.41, 5.74) is 1.07. The summed E-state index contributed by atoms with van der Waals surface area (Å²) in [7, 11) is -6.23. The normalized spacial score (nSPS) is 17.6. The number of piperazine rings is 1. The van der Waals surface area contributed by atoms with Crippen molar-refractivity contribution in [2.75, 3.05) is 36.8 Å². The number of terminal acetylenes is 1.